The number of hydrogen-bond acceptors (Lipinski definition) is 5. The zero-order valence-corrected chi connectivity index (χ0v) is 11.2. The zero-order chi connectivity index (χ0) is 11.9. The summed E-state index contributed by atoms with van der Waals surface area (Å²) in [4.78, 5) is 22.4. The van der Waals surface area contributed by atoms with Gasteiger partial charge in [0.15, 0.2) is 0 Å². The van der Waals surface area contributed by atoms with Gasteiger partial charge in [0.05, 0.1) is 29.2 Å². The summed E-state index contributed by atoms with van der Waals surface area (Å²) >= 11 is 2.17. The molecule has 2 rings (SSSR count). The quantitative estimate of drug-likeness (QED) is 0.420. The first kappa shape index (κ1) is 12.1. The Morgan fingerprint density at radius 2 is 2.12 bits per heavy atom. The van der Waals surface area contributed by atoms with E-state index in [1.165, 1.54) is 14.0 Å². The molecule has 90 valence electrons. The molecule has 16 heavy (non-hydrogen) atoms. The largest absolute Gasteiger partial charge is 0.469 e. The van der Waals surface area contributed by atoms with Crippen molar-refractivity contribution in [2.45, 2.75) is 35.6 Å². The molecule has 0 aliphatic carbocycles. The molecule has 2 aliphatic heterocycles. The highest BCUT2D eigenvalue weighted by atomic mass is 127. The van der Waals surface area contributed by atoms with Crippen LogP contribution in [0.4, 0.5) is 0 Å². The Hall–Kier alpha value is -0.370. The highest BCUT2D eigenvalue weighted by molar-refractivity contribution is 14.1. The van der Waals surface area contributed by atoms with Crippen LogP contribution >= 0.6 is 22.6 Å². The molecule has 0 N–H and O–H groups in total. The number of halogens is 1. The lowest BCUT2D eigenvalue weighted by molar-refractivity contribution is -0.149. The predicted molar refractivity (Wildman–Crippen MR) is 62.1 cm³/mol. The minimum Gasteiger partial charge on any atom is -0.469 e. The fourth-order valence-corrected chi connectivity index (χ4v) is 3.63. The van der Waals surface area contributed by atoms with E-state index in [2.05, 4.69) is 22.6 Å². The van der Waals surface area contributed by atoms with Gasteiger partial charge in [0.2, 0.25) is 0 Å². The Morgan fingerprint density at radius 1 is 1.44 bits per heavy atom. The summed E-state index contributed by atoms with van der Waals surface area (Å²) in [5.74, 6) is -0.767. The maximum atomic E-state index is 11.5. The van der Waals surface area contributed by atoms with Crippen molar-refractivity contribution >= 4 is 34.5 Å². The number of esters is 2. The lowest BCUT2D eigenvalue weighted by Gasteiger charge is -2.27. The molecule has 0 aromatic carbocycles. The third-order valence-corrected chi connectivity index (χ3v) is 4.43. The van der Waals surface area contributed by atoms with Crippen molar-refractivity contribution in [3.63, 3.8) is 0 Å². The van der Waals surface area contributed by atoms with E-state index < -0.39 is 0 Å². The topological polar surface area (TPSA) is 61.8 Å². The maximum absolute atomic E-state index is 11.5. The molecule has 6 heteroatoms. The number of hydrogen-bond donors (Lipinski definition) is 0. The molecule has 2 saturated heterocycles. The van der Waals surface area contributed by atoms with Crippen molar-refractivity contribution in [1.29, 1.82) is 0 Å². The summed E-state index contributed by atoms with van der Waals surface area (Å²) in [6, 6.07) is 0. The van der Waals surface area contributed by atoms with E-state index in [-0.39, 0.29) is 40.1 Å². The summed E-state index contributed by atoms with van der Waals surface area (Å²) in [6.07, 6.45) is -0.0132. The second-order valence-electron chi connectivity index (χ2n) is 4.02. The first-order valence-corrected chi connectivity index (χ1v) is 6.33. The van der Waals surface area contributed by atoms with Crippen LogP contribution in [0.25, 0.3) is 0 Å². The highest BCUT2D eigenvalue weighted by Gasteiger charge is 2.57. The van der Waals surface area contributed by atoms with E-state index in [9.17, 15) is 9.59 Å². The Kier molecular flexibility index (Phi) is 3.39. The fourth-order valence-electron chi connectivity index (χ4n) is 2.35. The summed E-state index contributed by atoms with van der Waals surface area (Å²) in [6.45, 7) is 1.38. The van der Waals surface area contributed by atoms with Crippen LogP contribution < -0.4 is 0 Å². The van der Waals surface area contributed by atoms with Crippen LogP contribution in [0.1, 0.15) is 13.3 Å². The van der Waals surface area contributed by atoms with Crippen molar-refractivity contribution in [2.24, 2.45) is 5.92 Å². The van der Waals surface area contributed by atoms with Crippen molar-refractivity contribution in [2.75, 3.05) is 7.11 Å². The first-order chi connectivity index (χ1) is 7.54. The standard InChI is InChI=1S/C10H13IO5/c1-4(12)15-9-6-3-5(10(13)14-2)8(16-6)7(9)11/h5-9H,3H2,1-2H3/t5-,6+,7-,8-,9-/m0/s1. The number of fused-ring (bicyclic) bond motifs is 2. The normalized spacial score (nSPS) is 40.8. The van der Waals surface area contributed by atoms with Gasteiger partial charge in [-0.05, 0) is 6.42 Å². The summed E-state index contributed by atoms with van der Waals surface area (Å²) in [5, 5.41) is 0. The second-order valence-corrected chi connectivity index (χ2v) is 5.46. The van der Waals surface area contributed by atoms with Gasteiger partial charge >= 0.3 is 11.9 Å². The monoisotopic (exact) mass is 340 g/mol. The van der Waals surface area contributed by atoms with Crippen LogP contribution in [-0.4, -0.2) is 41.3 Å². The van der Waals surface area contributed by atoms with Gasteiger partial charge in [-0.15, -0.1) is 0 Å². The summed E-state index contributed by atoms with van der Waals surface area (Å²) < 4.78 is 15.6. The number of carbonyl (C=O) groups excluding carboxylic acids is 2. The van der Waals surface area contributed by atoms with Gasteiger partial charge in [0.1, 0.15) is 6.10 Å². The molecule has 2 bridgehead atoms. The lowest BCUT2D eigenvalue weighted by atomic mass is 9.87. The van der Waals surface area contributed by atoms with E-state index in [1.54, 1.807) is 0 Å². The minimum absolute atomic E-state index is 0.0179. The van der Waals surface area contributed by atoms with Gasteiger partial charge in [-0.1, -0.05) is 22.6 Å². The zero-order valence-electron chi connectivity index (χ0n) is 9.01. The molecule has 5 nitrogen and oxygen atoms in total. The third kappa shape index (κ3) is 1.92. The molecule has 2 heterocycles. The van der Waals surface area contributed by atoms with Gasteiger partial charge in [-0.25, -0.2) is 0 Å². The van der Waals surface area contributed by atoms with Crippen molar-refractivity contribution in [3.05, 3.63) is 0 Å². The van der Waals surface area contributed by atoms with E-state index in [4.69, 9.17) is 14.2 Å². The van der Waals surface area contributed by atoms with Crippen molar-refractivity contribution in [1.82, 2.24) is 0 Å². The van der Waals surface area contributed by atoms with E-state index in [1.807, 2.05) is 0 Å². The van der Waals surface area contributed by atoms with E-state index >= 15 is 0 Å². The molecular formula is C10H13IO5. The highest BCUT2D eigenvalue weighted by Crippen LogP contribution is 2.44. The molecule has 5 atom stereocenters. The van der Waals surface area contributed by atoms with Crippen molar-refractivity contribution < 1.29 is 23.8 Å². The minimum atomic E-state index is -0.308. The first-order valence-electron chi connectivity index (χ1n) is 5.09. The molecule has 0 aromatic rings. The molecule has 0 saturated carbocycles. The van der Waals surface area contributed by atoms with Crippen LogP contribution in [0.2, 0.25) is 0 Å². The average Bonchev–Trinajstić information content (AvgIpc) is 2.77. The SMILES string of the molecule is COC(=O)[C@H]1C[C@H]2O[C@@H]1[C@H](I)[C@H]2OC(C)=O. The van der Waals surface area contributed by atoms with Crippen LogP contribution in [0, 0.1) is 5.92 Å². The Balaban J connectivity index is 2.05. The van der Waals surface area contributed by atoms with Gasteiger partial charge in [0, 0.05) is 6.92 Å². The van der Waals surface area contributed by atoms with Crippen LogP contribution in [0.5, 0.6) is 0 Å². The summed E-state index contributed by atoms with van der Waals surface area (Å²) in [5.41, 5.74) is 0. The third-order valence-electron chi connectivity index (χ3n) is 3.01. The molecule has 0 aromatic heterocycles. The van der Waals surface area contributed by atoms with E-state index in [0.717, 1.165) is 0 Å². The number of carbonyl (C=O) groups is 2. The Bertz CT molecular complexity index is 316. The molecule has 0 amide bonds. The second kappa shape index (κ2) is 4.48. The Labute approximate surface area is 107 Å². The van der Waals surface area contributed by atoms with Crippen molar-refractivity contribution in [3.8, 4) is 0 Å². The Morgan fingerprint density at radius 3 is 2.62 bits per heavy atom. The van der Waals surface area contributed by atoms with Crippen LogP contribution in [-0.2, 0) is 23.8 Å². The van der Waals surface area contributed by atoms with Gasteiger partial charge in [-0.2, -0.15) is 0 Å². The number of methoxy groups -OCH3 is 1. The molecule has 0 spiro atoms. The summed E-state index contributed by atoms with van der Waals surface area (Å²) in [7, 11) is 1.38. The van der Waals surface area contributed by atoms with E-state index in [0.29, 0.717) is 6.42 Å². The maximum Gasteiger partial charge on any atom is 0.311 e. The van der Waals surface area contributed by atoms with Crippen LogP contribution in [0.3, 0.4) is 0 Å². The number of alkyl halides is 1. The smallest absolute Gasteiger partial charge is 0.311 e. The molecule has 2 fully saturated rings. The molecular weight excluding hydrogens is 327 g/mol. The number of rotatable bonds is 2. The lowest BCUT2D eigenvalue weighted by Crippen LogP contribution is -2.43. The molecule has 2 aliphatic rings. The van der Waals surface area contributed by atoms with Gasteiger partial charge < -0.3 is 14.2 Å². The van der Waals surface area contributed by atoms with Crippen LogP contribution in [0.15, 0.2) is 0 Å². The molecule has 0 radical (unpaired) electrons. The molecule has 0 unspecified atom stereocenters. The van der Waals surface area contributed by atoms with Gasteiger partial charge in [-0.3, -0.25) is 9.59 Å². The number of ether oxygens (including phenoxy) is 3. The fraction of sp³-hybridized carbons (Fsp3) is 0.800. The van der Waals surface area contributed by atoms with Gasteiger partial charge in [0.25, 0.3) is 0 Å². The average molecular weight is 340 g/mol. The predicted octanol–water partition coefficient (Wildman–Crippen LogP) is 0.682.